The van der Waals surface area contributed by atoms with E-state index in [4.69, 9.17) is 5.11 Å². The van der Waals surface area contributed by atoms with Crippen molar-refractivity contribution in [2.24, 2.45) is 0 Å². The second kappa shape index (κ2) is 8.67. The highest BCUT2D eigenvalue weighted by Gasteiger charge is 2.40. The van der Waals surface area contributed by atoms with E-state index in [9.17, 15) is 22.4 Å². The van der Waals surface area contributed by atoms with Crippen molar-refractivity contribution in [1.82, 2.24) is 9.88 Å². The minimum Gasteiger partial charge on any atom is -0.477 e. The third-order valence-electron chi connectivity index (χ3n) is 4.76. The molecule has 0 unspecified atom stereocenters. The minimum atomic E-state index is -2.92. The van der Waals surface area contributed by atoms with E-state index < -0.39 is 31.3 Å². The average Bonchev–Trinajstić information content (AvgIpc) is 3.05. The quantitative estimate of drug-likeness (QED) is 0.656. The first kappa shape index (κ1) is 20.2. The standard InChI is InChI=1S/C15H19F4N3O4S/c16-13(17)25-7-9-6-21(8-3-10(4-8)26-14(18)19)1-2-22(9)15-20-5-11(27-15)12(23)24/h5,8-10,13-14H,1-4,6-7H2,(H,23,24)/t8?,9-,10?/m0/s1. The molecule has 1 saturated heterocycles. The van der Waals surface area contributed by atoms with Crippen LogP contribution in [0.3, 0.4) is 0 Å². The molecule has 0 amide bonds. The van der Waals surface area contributed by atoms with Gasteiger partial charge in [-0.05, 0) is 12.8 Å². The van der Waals surface area contributed by atoms with Gasteiger partial charge < -0.3 is 19.5 Å². The van der Waals surface area contributed by atoms with Crippen molar-refractivity contribution in [2.45, 2.75) is 44.3 Å². The highest BCUT2D eigenvalue weighted by molar-refractivity contribution is 7.17. The summed E-state index contributed by atoms with van der Waals surface area (Å²) in [7, 11) is 0. The number of ether oxygens (including phenoxy) is 2. The number of rotatable bonds is 8. The molecule has 2 fully saturated rings. The zero-order chi connectivity index (χ0) is 19.6. The molecule has 1 saturated carbocycles. The Morgan fingerprint density at radius 1 is 1.30 bits per heavy atom. The predicted octanol–water partition coefficient (Wildman–Crippen LogP) is 2.34. The highest BCUT2D eigenvalue weighted by Crippen LogP contribution is 2.33. The van der Waals surface area contributed by atoms with Crippen LogP contribution in [-0.2, 0) is 9.47 Å². The van der Waals surface area contributed by atoms with Gasteiger partial charge in [0.25, 0.3) is 0 Å². The molecule has 27 heavy (non-hydrogen) atoms. The van der Waals surface area contributed by atoms with Gasteiger partial charge in [-0.2, -0.15) is 17.6 Å². The molecule has 0 radical (unpaired) electrons. The van der Waals surface area contributed by atoms with Gasteiger partial charge in [0.2, 0.25) is 0 Å². The Hall–Kier alpha value is -1.50. The Labute approximate surface area is 156 Å². The molecule has 1 aliphatic carbocycles. The van der Waals surface area contributed by atoms with Gasteiger partial charge in [-0.25, -0.2) is 9.78 Å². The molecule has 0 spiro atoms. The van der Waals surface area contributed by atoms with Crippen LogP contribution in [0.15, 0.2) is 6.20 Å². The fourth-order valence-electron chi connectivity index (χ4n) is 3.38. The van der Waals surface area contributed by atoms with Crippen LogP contribution in [0.2, 0.25) is 0 Å². The van der Waals surface area contributed by atoms with Crippen molar-refractivity contribution >= 4 is 22.4 Å². The second-order valence-corrected chi connectivity index (χ2v) is 7.40. The summed E-state index contributed by atoms with van der Waals surface area (Å²) in [5.74, 6) is -1.10. The Kier molecular flexibility index (Phi) is 6.50. The number of carboxylic acid groups (broad SMARTS) is 1. The van der Waals surface area contributed by atoms with E-state index in [2.05, 4.69) is 14.5 Å². The molecule has 2 heterocycles. The number of hydrogen-bond acceptors (Lipinski definition) is 7. The number of aromatic carboxylic acids is 1. The number of aromatic nitrogens is 1. The van der Waals surface area contributed by atoms with E-state index in [0.29, 0.717) is 37.6 Å². The molecule has 3 rings (SSSR count). The first-order valence-corrected chi connectivity index (χ1v) is 9.18. The number of piperazine rings is 1. The molecule has 1 aliphatic heterocycles. The van der Waals surface area contributed by atoms with Gasteiger partial charge in [-0.1, -0.05) is 11.3 Å². The van der Waals surface area contributed by atoms with Crippen LogP contribution in [-0.4, -0.2) is 78.6 Å². The lowest BCUT2D eigenvalue weighted by molar-refractivity contribution is -0.194. The number of hydrogen-bond donors (Lipinski definition) is 1. The van der Waals surface area contributed by atoms with Gasteiger partial charge in [0.05, 0.1) is 24.9 Å². The van der Waals surface area contributed by atoms with Gasteiger partial charge in [-0.3, -0.25) is 4.90 Å². The maximum atomic E-state index is 12.5. The molecule has 1 N–H and O–H groups in total. The second-order valence-electron chi connectivity index (χ2n) is 6.39. The van der Waals surface area contributed by atoms with Gasteiger partial charge in [0.1, 0.15) is 4.88 Å². The van der Waals surface area contributed by atoms with Gasteiger partial charge in [0, 0.05) is 25.7 Å². The highest BCUT2D eigenvalue weighted by atomic mass is 32.1. The Bertz CT molecular complexity index is 644. The zero-order valence-corrected chi connectivity index (χ0v) is 15.0. The van der Waals surface area contributed by atoms with E-state index >= 15 is 0 Å². The van der Waals surface area contributed by atoms with Crippen LogP contribution < -0.4 is 4.90 Å². The van der Waals surface area contributed by atoms with Crippen molar-refractivity contribution in [1.29, 1.82) is 0 Å². The lowest BCUT2D eigenvalue weighted by Crippen LogP contribution is -2.60. The predicted molar refractivity (Wildman–Crippen MR) is 87.6 cm³/mol. The van der Waals surface area contributed by atoms with Crippen LogP contribution in [0.25, 0.3) is 0 Å². The molecular weight excluding hydrogens is 394 g/mol. The van der Waals surface area contributed by atoms with E-state index in [1.807, 2.05) is 4.90 Å². The van der Waals surface area contributed by atoms with Crippen LogP contribution in [0, 0.1) is 0 Å². The van der Waals surface area contributed by atoms with Gasteiger partial charge >= 0.3 is 19.2 Å². The number of nitrogens with zero attached hydrogens (tertiary/aromatic N) is 3. The van der Waals surface area contributed by atoms with E-state index in [1.54, 1.807) is 4.90 Å². The fraction of sp³-hybridized carbons (Fsp3) is 0.733. The minimum absolute atomic E-state index is 0.0517. The molecule has 1 atom stereocenters. The molecule has 2 aliphatic rings. The van der Waals surface area contributed by atoms with Crippen molar-refractivity contribution in [3.8, 4) is 0 Å². The summed E-state index contributed by atoms with van der Waals surface area (Å²) in [6, 6.07) is -0.397. The molecule has 152 valence electrons. The average molecular weight is 413 g/mol. The topological polar surface area (TPSA) is 75.1 Å². The maximum Gasteiger partial charge on any atom is 0.347 e. The number of carboxylic acids is 1. The van der Waals surface area contributed by atoms with Crippen LogP contribution in [0.1, 0.15) is 22.5 Å². The first-order valence-electron chi connectivity index (χ1n) is 8.36. The fourth-order valence-corrected chi connectivity index (χ4v) is 4.23. The summed E-state index contributed by atoms with van der Waals surface area (Å²) in [6.07, 6.45) is 1.68. The molecule has 7 nitrogen and oxygen atoms in total. The summed E-state index contributed by atoms with van der Waals surface area (Å²) in [5, 5.41) is 9.47. The molecule has 12 heteroatoms. The first-order chi connectivity index (χ1) is 12.8. The number of anilines is 1. The summed E-state index contributed by atoms with van der Waals surface area (Å²) in [6.45, 7) is -4.55. The third kappa shape index (κ3) is 5.06. The largest absolute Gasteiger partial charge is 0.477 e. The van der Waals surface area contributed by atoms with Gasteiger partial charge in [0.15, 0.2) is 5.13 Å². The monoisotopic (exact) mass is 413 g/mol. The summed E-state index contributed by atoms with van der Waals surface area (Å²) < 4.78 is 58.4. The maximum absolute atomic E-state index is 12.5. The van der Waals surface area contributed by atoms with Crippen LogP contribution in [0.4, 0.5) is 22.7 Å². The Morgan fingerprint density at radius 3 is 2.63 bits per heavy atom. The van der Waals surface area contributed by atoms with Crippen molar-refractivity contribution < 1.29 is 36.9 Å². The number of carbonyl (C=O) groups is 1. The summed E-state index contributed by atoms with van der Waals surface area (Å²) in [5.41, 5.74) is 0. The number of alkyl halides is 4. The number of thiazole rings is 1. The molecule has 1 aromatic heterocycles. The third-order valence-corrected chi connectivity index (χ3v) is 5.78. The van der Waals surface area contributed by atoms with Gasteiger partial charge in [-0.15, -0.1) is 0 Å². The normalized spacial score (nSPS) is 26.6. The van der Waals surface area contributed by atoms with E-state index in [1.165, 1.54) is 6.20 Å². The van der Waals surface area contributed by atoms with Crippen LogP contribution >= 0.6 is 11.3 Å². The summed E-state index contributed by atoms with van der Waals surface area (Å²) >= 11 is 0.972. The van der Waals surface area contributed by atoms with E-state index in [0.717, 1.165) is 11.3 Å². The van der Waals surface area contributed by atoms with Crippen LogP contribution in [0.5, 0.6) is 0 Å². The van der Waals surface area contributed by atoms with Crippen molar-refractivity contribution in [3.63, 3.8) is 0 Å². The zero-order valence-electron chi connectivity index (χ0n) is 14.1. The van der Waals surface area contributed by atoms with E-state index in [-0.39, 0.29) is 17.5 Å². The molecule has 0 bridgehead atoms. The lowest BCUT2D eigenvalue weighted by atomic mass is 9.87. The molecular formula is C15H19F4N3O4S. The SMILES string of the molecule is O=C(O)c1cnc(N2CCN(C3CC(OC(F)F)C3)C[C@H]2COC(F)F)s1. The van der Waals surface area contributed by atoms with Crippen molar-refractivity contribution in [2.75, 3.05) is 31.1 Å². The Balaban J connectivity index is 1.63. The number of halogens is 4. The molecule has 0 aromatic carbocycles. The molecule has 1 aromatic rings. The van der Waals surface area contributed by atoms with Crippen molar-refractivity contribution in [3.05, 3.63) is 11.1 Å². The smallest absolute Gasteiger partial charge is 0.347 e. The summed E-state index contributed by atoms with van der Waals surface area (Å²) in [4.78, 5) is 19.0. The lowest BCUT2D eigenvalue weighted by Gasteiger charge is -2.48. The Morgan fingerprint density at radius 2 is 2.04 bits per heavy atom.